The van der Waals surface area contributed by atoms with Gasteiger partial charge in [-0.2, -0.15) is 5.10 Å². The zero-order chi connectivity index (χ0) is 13.8. The Balaban J connectivity index is 2.20. The quantitative estimate of drug-likeness (QED) is 0.693. The number of esters is 1. The molecule has 0 saturated carbocycles. The Morgan fingerprint density at radius 1 is 1.32 bits per heavy atom. The Bertz CT molecular complexity index is 605. The molecule has 0 bridgehead atoms. The molecule has 0 fully saturated rings. The van der Waals surface area contributed by atoms with Crippen molar-refractivity contribution in [3.8, 4) is 0 Å². The predicted molar refractivity (Wildman–Crippen MR) is 72.1 cm³/mol. The third-order valence-electron chi connectivity index (χ3n) is 2.41. The average molecular weight is 323 g/mol. The summed E-state index contributed by atoms with van der Waals surface area (Å²) in [5.41, 5.74) is 0.859. The standard InChI is InChI=1S/C13H11BrN2O3/c1-2-19-13(18)11-7-10(15-16-11)12(17)8-3-5-9(14)6-4-8/h3-7H,2H2,1H3,(H,15,16). The molecule has 2 rings (SSSR count). The van der Waals surface area contributed by atoms with E-state index in [4.69, 9.17) is 4.74 Å². The van der Waals surface area contributed by atoms with Gasteiger partial charge < -0.3 is 4.74 Å². The Morgan fingerprint density at radius 3 is 2.63 bits per heavy atom. The van der Waals surface area contributed by atoms with Gasteiger partial charge in [0, 0.05) is 16.1 Å². The highest BCUT2D eigenvalue weighted by Gasteiger charge is 2.16. The monoisotopic (exact) mass is 322 g/mol. The predicted octanol–water partition coefficient (Wildman–Crippen LogP) is 2.58. The van der Waals surface area contributed by atoms with Crippen LogP contribution in [0.1, 0.15) is 33.5 Å². The molecular weight excluding hydrogens is 312 g/mol. The molecule has 6 heteroatoms. The summed E-state index contributed by atoms with van der Waals surface area (Å²) in [4.78, 5) is 23.6. The number of nitrogens with zero attached hydrogens (tertiary/aromatic N) is 1. The van der Waals surface area contributed by atoms with Gasteiger partial charge in [-0.25, -0.2) is 4.79 Å². The van der Waals surface area contributed by atoms with Crippen molar-refractivity contribution in [2.24, 2.45) is 0 Å². The topological polar surface area (TPSA) is 72.1 Å². The number of ketones is 1. The van der Waals surface area contributed by atoms with Crippen LogP contribution in [0.25, 0.3) is 0 Å². The summed E-state index contributed by atoms with van der Waals surface area (Å²) in [6, 6.07) is 8.30. The molecule has 1 N–H and O–H groups in total. The molecule has 1 aromatic carbocycles. The minimum Gasteiger partial charge on any atom is -0.461 e. The lowest BCUT2D eigenvalue weighted by Crippen LogP contribution is -2.04. The Hall–Kier alpha value is -1.95. The number of H-pyrrole nitrogens is 1. The smallest absolute Gasteiger partial charge is 0.356 e. The van der Waals surface area contributed by atoms with E-state index in [-0.39, 0.29) is 23.8 Å². The molecule has 0 amide bonds. The van der Waals surface area contributed by atoms with Gasteiger partial charge in [-0.05, 0) is 31.2 Å². The van der Waals surface area contributed by atoms with Crippen molar-refractivity contribution in [2.75, 3.05) is 6.61 Å². The number of ether oxygens (including phenoxy) is 1. The summed E-state index contributed by atoms with van der Waals surface area (Å²) in [5, 5.41) is 6.33. The van der Waals surface area contributed by atoms with Crippen LogP contribution in [0, 0.1) is 0 Å². The SMILES string of the molecule is CCOC(=O)c1cc(C(=O)c2ccc(Br)cc2)n[nH]1. The molecule has 0 saturated heterocycles. The van der Waals surface area contributed by atoms with E-state index in [9.17, 15) is 9.59 Å². The van der Waals surface area contributed by atoms with E-state index in [1.54, 1.807) is 31.2 Å². The number of rotatable bonds is 4. The third kappa shape index (κ3) is 3.08. The van der Waals surface area contributed by atoms with Crippen LogP contribution in [0.5, 0.6) is 0 Å². The number of carbonyl (C=O) groups is 2. The van der Waals surface area contributed by atoms with Crippen LogP contribution < -0.4 is 0 Å². The van der Waals surface area contributed by atoms with E-state index in [0.717, 1.165) is 4.47 Å². The van der Waals surface area contributed by atoms with Gasteiger partial charge in [-0.1, -0.05) is 15.9 Å². The first kappa shape index (κ1) is 13.5. The molecule has 1 aromatic heterocycles. The van der Waals surface area contributed by atoms with E-state index in [1.165, 1.54) is 6.07 Å². The molecule has 0 spiro atoms. The second-order valence-electron chi connectivity index (χ2n) is 3.72. The summed E-state index contributed by atoms with van der Waals surface area (Å²) in [5.74, 6) is -0.774. The lowest BCUT2D eigenvalue weighted by molar-refractivity contribution is 0.0519. The normalized spacial score (nSPS) is 10.2. The van der Waals surface area contributed by atoms with Gasteiger partial charge in [0.1, 0.15) is 11.4 Å². The number of aromatic amines is 1. The first-order valence-electron chi connectivity index (χ1n) is 5.64. The number of aromatic nitrogens is 2. The minimum atomic E-state index is -0.523. The average Bonchev–Trinajstić information content (AvgIpc) is 2.89. The van der Waals surface area contributed by atoms with Crippen molar-refractivity contribution in [3.63, 3.8) is 0 Å². The molecule has 2 aromatic rings. The van der Waals surface area contributed by atoms with Crippen molar-refractivity contribution >= 4 is 27.7 Å². The number of halogens is 1. The zero-order valence-electron chi connectivity index (χ0n) is 10.1. The van der Waals surface area contributed by atoms with Gasteiger partial charge in [0.15, 0.2) is 0 Å². The highest BCUT2D eigenvalue weighted by atomic mass is 79.9. The minimum absolute atomic E-state index is 0.169. The molecule has 1 heterocycles. The van der Waals surface area contributed by atoms with Gasteiger partial charge in [-0.15, -0.1) is 0 Å². The number of nitrogens with one attached hydrogen (secondary N) is 1. The summed E-state index contributed by atoms with van der Waals surface area (Å²) in [6.45, 7) is 1.98. The van der Waals surface area contributed by atoms with E-state index < -0.39 is 5.97 Å². The maximum absolute atomic E-state index is 12.1. The van der Waals surface area contributed by atoms with Crippen molar-refractivity contribution in [1.82, 2.24) is 10.2 Å². The lowest BCUT2D eigenvalue weighted by Gasteiger charge is -1.97. The highest BCUT2D eigenvalue weighted by molar-refractivity contribution is 9.10. The first-order chi connectivity index (χ1) is 9.11. The van der Waals surface area contributed by atoms with Crippen LogP contribution in [0.3, 0.4) is 0 Å². The van der Waals surface area contributed by atoms with Crippen LogP contribution >= 0.6 is 15.9 Å². The maximum Gasteiger partial charge on any atom is 0.356 e. The van der Waals surface area contributed by atoms with E-state index in [0.29, 0.717) is 5.56 Å². The van der Waals surface area contributed by atoms with Crippen molar-refractivity contribution < 1.29 is 14.3 Å². The zero-order valence-corrected chi connectivity index (χ0v) is 11.7. The van der Waals surface area contributed by atoms with Crippen molar-refractivity contribution in [2.45, 2.75) is 6.92 Å². The summed E-state index contributed by atoms with van der Waals surface area (Å²) in [7, 11) is 0. The summed E-state index contributed by atoms with van der Waals surface area (Å²) < 4.78 is 5.70. The van der Waals surface area contributed by atoms with Crippen LogP contribution in [0.15, 0.2) is 34.8 Å². The van der Waals surface area contributed by atoms with Crippen LogP contribution in [-0.4, -0.2) is 28.6 Å². The molecule has 0 aliphatic heterocycles. The van der Waals surface area contributed by atoms with Crippen LogP contribution in [0.2, 0.25) is 0 Å². The number of hydrogen-bond acceptors (Lipinski definition) is 4. The molecule has 5 nitrogen and oxygen atoms in total. The second-order valence-corrected chi connectivity index (χ2v) is 4.64. The van der Waals surface area contributed by atoms with Crippen molar-refractivity contribution in [1.29, 1.82) is 0 Å². The molecule has 0 radical (unpaired) electrons. The molecular formula is C13H11BrN2O3. The van der Waals surface area contributed by atoms with Crippen LogP contribution in [0.4, 0.5) is 0 Å². The molecule has 98 valence electrons. The van der Waals surface area contributed by atoms with Gasteiger partial charge in [0.2, 0.25) is 5.78 Å². The fourth-order valence-electron chi connectivity index (χ4n) is 1.50. The molecule has 19 heavy (non-hydrogen) atoms. The molecule has 0 aliphatic carbocycles. The molecule has 0 atom stereocenters. The number of benzene rings is 1. The van der Waals surface area contributed by atoms with Gasteiger partial charge >= 0.3 is 5.97 Å². The molecule has 0 aliphatic rings. The largest absolute Gasteiger partial charge is 0.461 e. The lowest BCUT2D eigenvalue weighted by atomic mass is 10.1. The Kier molecular flexibility index (Phi) is 4.11. The summed E-state index contributed by atoms with van der Waals surface area (Å²) >= 11 is 3.30. The fraction of sp³-hybridized carbons (Fsp3) is 0.154. The second kappa shape index (κ2) is 5.79. The fourth-order valence-corrected chi connectivity index (χ4v) is 1.76. The van der Waals surface area contributed by atoms with Gasteiger partial charge in [0.05, 0.1) is 6.61 Å². The summed E-state index contributed by atoms with van der Waals surface area (Å²) in [6.07, 6.45) is 0. The number of hydrogen-bond donors (Lipinski definition) is 1. The highest BCUT2D eigenvalue weighted by Crippen LogP contribution is 2.14. The number of carbonyl (C=O) groups excluding carboxylic acids is 2. The Labute approximate surface area is 118 Å². The van der Waals surface area contributed by atoms with Crippen molar-refractivity contribution in [3.05, 3.63) is 51.8 Å². The van der Waals surface area contributed by atoms with Gasteiger partial charge in [-0.3, -0.25) is 9.89 Å². The van der Waals surface area contributed by atoms with E-state index in [1.807, 2.05) is 0 Å². The van der Waals surface area contributed by atoms with Crippen LogP contribution in [-0.2, 0) is 4.74 Å². The maximum atomic E-state index is 12.1. The first-order valence-corrected chi connectivity index (χ1v) is 6.44. The third-order valence-corrected chi connectivity index (χ3v) is 2.94. The van der Waals surface area contributed by atoms with E-state index in [2.05, 4.69) is 26.1 Å². The Morgan fingerprint density at radius 2 is 2.00 bits per heavy atom. The van der Waals surface area contributed by atoms with E-state index >= 15 is 0 Å². The molecule has 0 unspecified atom stereocenters. The van der Waals surface area contributed by atoms with Gasteiger partial charge in [0.25, 0.3) is 0 Å².